The molecule has 0 saturated carbocycles. The monoisotopic (exact) mass is 314 g/mol. The minimum atomic E-state index is -0.213. The molecular formula is C17H18N2O2S. The largest absolute Gasteiger partial charge is 0.497 e. The first-order valence-corrected chi connectivity index (χ1v) is 7.75. The molecule has 1 N–H and O–H groups in total. The van der Waals surface area contributed by atoms with Crippen LogP contribution in [-0.2, 0) is 4.79 Å². The molecule has 0 bridgehead atoms. The molecule has 2 rings (SSSR count). The van der Waals surface area contributed by atoms with Crippen LogP contribution in [0.1, 0.15) is 12.5 Å². The van der Waals surface area contributed by atoms with Crippen molar-refractivity contribution in [2.45, 2.75) is 17.1 Å². The van der Waals surface area contributed by atoms with Gasteiger partial charge < -0.3 is 4.74 Å². The summed E-state index contributed by atoms with van der Waals surface area (Å²) in [7, 11) is 1.62. The van der Waals surface area contributed by atoms with Crippen molar-refractivity contribution in [3.05, 3.63) is 60.2 Å². The highest BCUT2D eigenvalue weighted by Gasteiger charge is 2.13. The molecule has 0 aliphatic heterocycles. The number of benzene rings is 2. The van der Waals surface area contributed by atoms with Crippen LogP contribution in [0, 0.1) is 0 Å². The molecule has 2 aromatic rings. The molecule has 4 nitrogen and oxygen atoms in total. The predicted octanol–water partition coefficient (Wildman–Crippen LogP) is 3.33. The molecule has 0 aliphatic rings. The van der Waals surface area contributed by atoms with Gasteiger partial charge in [-0.3, -0.25) is 4.79 Å². The summed E-state index contributed by atoms with van der Waals surface area (Å²) in [4.78, 5) is 13.0. The summed E-state index contributed by atoms with van der Waals surface area (Å²) in [5.74, 6) is 0.660. The molecule has 0 unspecified atom stereocenters. The lowest BCUT2D eigenvalue weighted by Crippen LogP contribution is -2.26. The van der Waals surface area contributed by atoms with Crippen molar-refractivity contribution in [3.63, 3.8) is 0 Å². The number of ether oxygens (including phenoxy) is 1. The summed E-state index contributed by atoms with van der Waals surface area (Å²) in [6.45, 7) is 1.86. The van der Waals surface area contributed by atoms with Gasteiger partial charge in [-0.05, 0) is 48.9 Å². The summed E-state index contributed by atoms with van der Waals surface area (Å²) in [6.07, 6.45) is 1.61. The SMILES string of the molecule is COc1ccc(/C=N\NC(=O)[C@H](C)Sc2ccccc2)cc1. The van der Waals surface area contributed by atoms with Crippen LogP contribution in [0.3, 0.4) is 0 Å². The van der Waals surface area contributed by atoms with Gasteiger partial charge in [0.1, 0.15) is 5.75 Å². The number of rotatable bonds is 6. The summed E-state index contributed by atoms with van der Waals surface area (Å²) in [6, 6.07) is 17.3. The maximum Gasteiger partial charge on any atom is 0.253 e. The lowest BCUT2D eigenvalue weighted by Gasteiger charge is -2.09. The van der Waals surface area contributed by atoms with Crippen LogP contribution in [0.25, 0.3) is 0 Å². The molecule has 0 heterocycles. The number of carbonyl (C=O) groups excluding carboxylic acids is 1. The summed E-state index contributed by atoms with van der Waals surface area (Å²) in [5, 5.41) is 3.77. The first kappa shape index (κ1) is 16.1. The van der Waals surface area contributed by atoms with Crippen molar-refractivity contribution in [3.8, 4) is 5.75 Å². The van der Waals surface area contributed by atoms with Crippen LogP contribution in [-0.4, -0.2) is 24.5 Å². The van der Waals surface area contributed by atoms with E-state index in [-0.39, 0.29) is 11.2 Å². The van der Waals surface area contributed by atoms with Gasteiger partial charge in [-0.1, -0.05) is 18.2 Å². The minimum Gasteiger partial charge on any atom is -0.497 e. The number of nitrogens with one attached hydrogen (secondary N) is 1. The topological polar surface area (TPSA) is 50.7 Å². The fraction of sp³-hybridized carbons (Fsp3) is 0.176. The molecule has 0 saturated heterocycles. The van der Waals surface area contributed by atoms with Gasteiger partial charge in [-0.2, -0.15) is 5.10 Å². The molecule has 0 radical (unpaired) electrons. The number of carbonyl (C=O) groups is 1. The van der Waals surface area contributed by atoms with Crippen LogP contribution in [0.15, 0.2) is 64.6 Å². The van der Waals surface area contributed by atoms with E-state index < -0.39 is 0 Å². The summed E-state index contributed by atoms with van der Waals surface area (Å²) < 4.78 is 5.08. The van der Waals surface area contributed by atoms with E-state index in [0.29, 0.717) is 0 Å². The molecule has 0 aliphatic carbocycles. The van der Waals surface area contributed by atoms with Crippen molar-refractivity contribution < 1.29 is 9.53 Å². The molecule has 0 spiro atoms. The number of amides is 1. The third-order valence-corrected chi connectivity index (χ3v) is 4.04. The van der Waals surface area contributed by atoms with Gasteiger partial charge in [-0.25, -0.2) is 5.43 Å². The van der Waals surface area contributed by atoms with Crippen molar-refractivity contribution in [2.75, 3.05) is 7.11 Å². The number of thioether (sulfide) groups is 1. The van der Waals surface area contributed by atoms with Crippen LogP contribution in [0.5, 0.6) is 5.75 Å². The molecule has 114 valence electrons. The normalized spacial score (nSPS) is 12.1. The summed E-state index contributed by atoms with van der Waals surface area (Å²) in [5.41, 5.74) is 3.45. The molecule has 0 aromatic heterocycles. The molecule has 22 heavy (non-hydrogen) atoms. The Morgan fingerprint density at radius 1 is 1.18 bits per heavy atom. The maximum absolute atomic E-state index is 12.0. The van der Waals surface area contributed by atoms with Crippen molar-refractivity contribution >= 4 is 23.9 Å². The number of nitrogens with zero attached hydrogens (tertiary/aromatic N) is 1. The average molecular weight is 314 g/mol. The van der Waals surface area contributed by atoms with E-state index in [1.165, 1.54) is 11.8 Å². The van der Waals surface area contributed by atoms with Crippen molar-refractivity contribution in [1.29, 1.82) is 0 Å². The smallest absolute Gasteiger partial charge is 0.253 e. The van der Waals surface area contributed by atoms with E-state index in [0.717, 1.165) is 16.2 Å². The van der Waals surface area contributed by atoms with Crippen molar-refractivity contribution in [1.82, 2.24) is 5.43 Å². The van der Waals surface area contributed by atoms with Gasteiger partial charge in [0.05, 0.1) is 18.6 Å². The Morgan fingerprint density at radius 3 is 2.50 bits per heavy atom. The second-order valence-corrected chi connectivity index (χ2v) is 5.99. The molecule has 0 fully saturated rings. The third-order valence-electron chi connectivity index (χ3n) is 2.93. The van der Waals surface area contributed by atoms with Crippen LogP contribution in [0.2, 0.25) is 0 Å². The standard InChI is InChI=1S/C17H18N2O2S/c1-13(22-16-6-4-3-5-7-16)17(20)19-18-12-14-8-10-15(21-2)11-9-14/h3-13H,1-2H3,(H,19,20)/b18-12-/t13-/m0/s1. The van der Waals surface area contributed by atoms with Gasteiger partial charge in [0.15, 0.2) is 0 Å². The fourth-order valence-corrected chi connectivity index (χ4v) is 2.59. The van der Waals surface area contributed by atoms with Gasteiger partial charge in [0.2, 0.25) is 0 Å². The lowest BCUT2D eigenvalue weighted by molar-refractivity contribution is -0.120. The molecule has 1 amide bonds. The zero-order chi connectivity index (χ0) is 15.8. The molecular weight excluding hydrogens is 296 g/mol. The Hall–Kier alpha value is -2.27. The highest BCUT2D eigenvalue weighted by molar-refractivity contribution is 8.00. The average Bonchev–Trinajstić information content (AvgIpc) is 2.56. The van der Waals surface area contributed by atoms with Gasteiger partial charge in [0, 0.05) is 4.90 Å². The Balaban J connectivity index is 1.84. The lowest BCUT2D eigenvalue weighted by atomic mass is 10.2. The minimum absolute atomic E-state index is 0.126. The van der Waals surface area contributed by atoms with E-state index in [9.17, 15) is 4.79 Å². The van der Waals surface area contributed by atoms with E-state index in [2.05, 4.69) is 10.5 Å². The number of hydrogen-bond acceptors (Lipinski definition) is 4. The Kier molecular flexibility index (Phi) is 6.03. The van der Waals surface area contributed by atoms with E-state index in [4.69, 9.17) is 4.74 Å². The van der Waals surface area contributed by atoms with Crippen LogP contribution >= 0.6 is 11.8 Å². The number of hydrogen-bond donors (Lipinski definition) is 1. The van der Waals surface area contributed by atoms with E-state index in [1.807, 2.05) is 61.5 Å². The van der Waals surface area contributed by atoms with Gasteiger partial charge in [-0.15, -0.1) is 11.8 Å². The van der Waals surface area contributed by atoms with Crippen LogP contribution < -0.4 is 10.2 Å². The zero-order valence-corrected chi connectivity index (χ0v) is 13.3. The Morgan fingerprint density at radius 2 is 1.86 bits per heavy atom. The molecule has 5 heteroatoms. The van der Waals surface area contributed by atoms with E-state index >= 15 is 0 Å². The fourth-order valence-electron chi connectivity index (χ4n) is 1.71. The molecule has 2 aromatic carbocycles. The highest BCUT2D eigenvalue weighted by Crippen LogP contribution is 2.22. The number of methoxy groups -OCH3 is 1. The predicted molar refractivity (Wildman–Crippen MR) is 90.5 cm³/mol. The van der Waals surface area contributed by atoms with E-state index in [1.54, 1.807) is 13.3 Å². The Bertz CT molecular complexity index is 627. The molecule has 1 atom stereocenters. The second kappa shape index (κ2) is 8.24. The maximum atomic E-state index is 12.0. The quantitative estimate of drug-likeness (QED) is 0.505. The van der Waals surface area contributed by atoms with Gasteiger partial charge >= 0.3 is 0 Å². The summed E-state index contributed by atoms with van der Waals surface area (Å²) >= 11 is 1.50. The number of hydrazone groups is 1. The van der Waals surface area contributed by atoms with Crippen molar-refractivity contribution in [2.24, 2.45) is 5.10 Å². The van der Waals surface area contributed by atoms with Gasteiger partial charge in [0.25, 0.3) is 5.91 Å². The van der Waals surface area contributed by atoms with Crippen LogP contribution in [0.4, 0.5) is 0 Å². The zero-order valence-electron chi connectivity index (χ0n) is 12.5. The first-order chi connectivity index (χ1) is 10.7. The second-order valence-electron chi connectivity index (χ2n) is 4.58. The highest BCUT2D eigenvalue weighted by atomic mass is 32.2. The Labute approximate surface area is 134 Å². The third kappa shape index (κ3) is 4.93. The first-order valence-electron chi connectivity index (χ1n) is 6.87.